The number of carboxylic acid groups (broad SMARTS) is 1. The molecule has 0 aliphatic heterocycles. The fraction of sp³-hybridized carbons (Fsp3) is 0.375. The highest BCUT2D eigenvalue weighted by Gasteiger charge is 2.13. The van der Waals surface area contributed by atoms with Crippen LogP contribution < -0.4 is 4.74 Å². The molecule has 0 bridgehead atoms. The standard InChI is InChI=1S/C24H28N2O3/c1-3-4-5-6-7-14-29-21-12-13-22-20(15-21)16-25-23(26-22)19-10-8-18(9-11-19)17(2)24(27)28/h8-13,15-17H,3-7,14H2,1-2H3,(H,27,28). The number of nitrogens with zero attached hydrogens (tertiary/aromatic N) is 2. The van der Waals surface area contributed by atoms with Crippen LogP contribution in [-0.4, -0.2) is 27.7 Å². The quantitative estimate of drug-likeness (QED) is 0.439. The van der Waals surface area contributed by atoms with Gasteiger partial charge < -0.3 is 9.84 Å². The Kier molecular flexibility index (Phi) is 7.17. The molecule has 0 aliphatic carbocycles. The first-order valence-electron chi connectivity index (χ1n) is 10.3. The number of carbonyl (C=O) groups is 1. The van der Waals surface area contributed by atoms with Crippen LogP contribution in [0.1, 0.15) is 57.4 Å². The summed E-state index contributed by atoms with van der Waals surface area (Å²) >= 11 is 0. The minimum Gasteiger partial charge on any atom is -0.494 e. The Morgan fingerprint density at radius 1 is 1.07 bits per heavy atom. The van der Waals surface area contributed by atoms with Gasteiger partial charge in [-0.3, -0.25) is 4.79 Å². The summed E-state index contributed by atoms with van der Waals surface area (Å²) in [7, 11) is 0. The van der Waals surface area contributed by atoms with Crippen molar-refractivity contribution in [2.24, 2.45) is 0 Å². The van der Waals surface area contributed by atoms with Crippen LogP contribution in [0.15, 0.2) is 48.7 Å². The Bertz CT molecular complexity index is 954. The minimum atomic E-state index is -0.835. The molecule has 0 amide bonds. The largest absolute Gasteiger partial charge is 0.494 e. The summed E-state index contributed by atoms with van der Waals surface area (Å²) in [5.41, 5.74) is 2.48. The molecule has 3 aromatic rings. The molecule has 0 saturated carbocycles. The summed E-state index contributed by atoms with van der Waals surface area (Å²) in [5, 5.41) is 10.1. The second-order valence-electron chi connectivity index (χ2n) is 7.36. The van der Waals surface area contributed by atoms with E-state index >= 15 is 0 Å². The first kappa shape index (κ1) is 20.8. The van der Waals surface area contributed by atoms with Crippen LogP contribution in [0.4, 0.5) is 0 Å². The number of carboxylic acids is 1. The van der Waals surface area contributed by atoms with Gasteiger partial charge in [-0.1, -0.05) is 56.9 Å². The van der Waals surface area contributed by atoms with Crippen molar-refractivity contribution in [3.8, 4) is 17.1 Å². The second-order valence-corrected chi connectivity index (χ2v) is 7.36. The summed E-state index contributed by atoms with van der Waals surface area (Å²) < 4.78 is 5.86. The van der Waals surface area contributed by atoms with Gasteiger partial charge >= 0.3 is 5.97 Å². The molecule has 0 aliphatic rings. The molecule has 0 saturated heterocycles. The van der Waals surface area contributed by atoms with Gasteiger partial charge in [0, 0.05) is 17.1 Å². The van der Waals surface area contributed by atoms with Gasteiger partial charge in [0.25, 0.3) is 0 Å². The smallest absolute Gasteiger partial charge is 0.310 e. The molecular weight excluding hydrogens is 364 g/mol. The monoisotopic (exact) mass is 392 g/mol. The van der Waals surface area contributed by atoms with Crippen LogP contribution in [-0.2, 0) is 4.79 Å². The fourth-order valence-electron chi connectivity index (χ4n) is 3.20. The lowest BCUT2D eigenvalue weighted by atomic mass is 10.00. The first-order valence-corrected chi connectivity index (χ1v) is 10.3. The third kappa shape index (κ3) is 5.53. The van der Waals surface area contributed by atoms with E-state index in [1.54, 1.807) is 13.1 Å². The van der Waals surface area contributed by atoms with Crippen molar-refractivity contribution in [1.82, 2.24) is 9.97 Å². The van der Waals surface area contributed by atoms with Crippen LogP contribution in [0.3, 0.4) is 0 Å². The van der Waals surface area contributed by atoms with E-state index in [1.807, 2.05) is 42.5 Å². The van der Waals surface area contributed by atoms with E-state index < -0.39 is 11.9 Å². The molecule has 5 heteroatoms. The van der Waals surface area contributed by atoms with E-state index in [9.17, 15) is 4.79 Å². The van der Waals surface area contributed by atoms with Crippen molar-refractivity contribution in [3.63, 3.8) is 0 Å². The van der Waals surface area contributed by atoms with E-state index in [0.717, 1.165) is 40.8 Å². The number of benzene rings is 2. The third-order valence-electron chi connectivity index (χ3n) is 5.11. The normalized spacial score (nSPS) is 12.1. The molecule has 0 fully saturated rings. The van der Waals surface area contributed by atoms with Crippen molar-refractivity contribution in [3.05, 3.63) is 54.2 Å². The first-order chi connectivity index (χ1) is 14.1. The zero-order valence-electron chi connectivity index (χ0n) is 17.1. The van der Waals surface area contributed by atoms with Gasteiger partial charge in [-0.25, -0.2) is 9.97 Å². The number of hydrogen-bond donors (Lipinski definition) is 1. The zero-order chi connectivity index (χ0) is 20.6. The Labute approximate surface area is 171 Å². The van der Waals surface area contributed by atoms with E-state index in [2.05, 4.69) is 16.9 Å². The molecular formula is C24H28N2O3. The Morgan fingerprint density at radius 3 is 2.55 bits per heavy atom. The summed E-state index contributed by atoms with van der Waals surface area (Å²) in [4.78, 5) is 20.2. The van der Waals surface area contributed by atoms with Gasteiger partial charge in [0.15, 0.2) is 5.82 Å². The number of ether oxygens (including phenoxy) is 1. The predicted octanol–water partition coefficient (Wildman–Crippen LogP) is 5.83. The highest BCUT2D eigenvalue weighted by Crippen LogP contribution is 2.24. The van der Waals surface area contributed by atoms with Gasteiger partial charge in [0.1, 0.15) is 5.75 Å². The highest BCUT2D eigenvalue weighted by molar-refractivity contribution is 5.81. The molecule has 29 heavy (non-hydrogen) atoms. The Hall–Kier alpha value is -2.95. The lowest BCUT2D eigenvalue weighted by Crippen LogP contribution is -2.07. The molecule has 5 nitrogen and oxygen atoms in total. The average Bonchev–Trinajstić information content (AvgIpc) is 2.75. The van der Waals surface area contributed by atoms with Crippen molar-refractivity contribution < 1.29 is 14.6 Å². The molecule has 1 atom stereocenters. The number of aliphatic carboxylic acids is 1. The van der Waals surface area contributed by atoms with E-state index in [-0.39, 0.29) is 0 Å². The van der Waals surface area contributed by atoms with Gasteiger partial charge in [-0.2, -0.15) is 0 Å². The maximum absolute atomic E-state index is 11.1. The number of fused-ring (bicyclic) bond motifs is 1. The summed E-state index contributed by atoms with van der Waals surface area (Å²) in [6.45, 7) is 4.62. The molecule has 1 unspecified atom stereocenters. The van der Waals surface area contributed by atoms with E-state index in [4.69, 9.17) is 9.84 Å². The minimum absolute atomic E-state index is 0.536. The molecule has 0 radical (unpaired) electrons. The molecule has 0 spiro atoms. The van der Waals surface area contributed by atoms with Crippen LogP contribution in [0.2, 0.25) is 0 Å². The van der Waals surface area contributed by atoms with Crippen LogP contribution in [0.25, 0.3) is 22.3 Å². The Balaban J connectivity index is 1.67. The molecule has 152 valence electrons. The van der Waals surface area contributed by atoms with Gasteiger partial charge in [0.2, 0.25) is 0 Å². The zero-order valence-corrected chi connectivity index (χ0v) is 17.1. The predicted molar refractivity (Wildman–Crippen MR) is 115 cm³/mol. The van der Waals surface area contributed by atoms with Gasteiger partial charge in [0.05, 0.1) is 18.0 Å². The topological polar surface area (TPSA) is 72.3 Å². The van der Waals surface area contributed by atoms with E-state index in [1.165, 1.54) is 25.7 Å². The van der Waals surface area contributed by atoms with Crippen LogP contribution >= 0.6 is 0 Å². The molecule has 1 aromatic heterocycles. The number of unbranched alkanes of at least 4 members (excludes halogenated alkanes) is 4. The van der Waals surface area contributed by atoms with Crippen molar-refractivity contribution >= 4 is 16.9 Å². The fourth-order valence-corrected chi connectivity index (χ4v) is 3.20. The van der Waals surface area contributed by atoms with Crippen molar-refractivity contribution in [1.29, 1.82) is 0 Å². The van der Waals surface area contributed by atoms with E-state index in [0.29, 0.717) is 5.82 Å². The third-order valence-corrected chi connectivity index (χ3v) is 5.11. The number of aromatic nitrogens is 2. The lowest BCUT2D eigenvalue weighted by Gasteiger charge is -2.09. The summed E-state index contributed by atoms with van der Waals surface area (Å²) in [6.07, 6.45) is 7.89. The Morgan fingerprint density at radius 2 is 1.83 bits per heavy atom. The van der Waals surface area contributed by atoms with Gasteiger partial charge in [-0.15, -0.1) is 0 Å². The summed E-state index contributed by atoms with van der Waals surface area (Å²) in [6, 6.07) is 13.2. The molecule has 1 heterocycles. The molecule has 1 N–H and O–H groups in total. The number of hydrogen-bond acceptors (Lipinski definition) is 4. The molecule has 3 rings (SSSR count). The lowest BCUT2D eigenvalue weighted by molar-refractivity contribution is -0.138. The molecule has 2 aromatic carbocycles. The maximum Gasteiger partial charge on any atom is 0.310 e. The number of rotatable bonds is 10. The van der Waals surface area contributed by atoms with Crippen molar-refractivity contribution in [2.75, 3.05) is 6.61 Å². The SMILES string of the molecule is CCCCCCCOc1ccc2nc(-c3ccc(C(C)C(=O)O)cc3)ncc2c1. The highest BCUT2D eigenvalue weighted by atomic mass is 16.5. The summed E-state index contributed by atoms with van der Waals surface area (Å²) in [5.74, 6) is 0.0956. The van der Waals surface area contributed by atoms with Gasteiger partial charge in [-0.05, 0) is 37.1 Å². The van der Waals surface area contributed by atoms with Crippen LogP contribution in [0.5, 0.6) is 5.75 Å². The van der Waals surface area contributed by atoms with Crippen LogP contribution in [0, 0.1) is 0 Å². The maximum atomic E-state index is 11.1. The second kappa shape index (κ2) is 10.0. The van der Waals surface area contributed by atoms with Crippen molar-refractivity contribution in [2.45, 2.75) is 51.9 Å². The average molecular weight is 392 g/mol.